The highest BCUT2D eigenvalue weighted by Gasteiger charge is 2.32. The van der Waals surface area contributed by atoms with Gasteiger partial charge in [0.1, 0.15) is 23.2 Å². The molecule has 0 fully saturated rings. The van der Waals surface area contributed by atoms with Gasteiger partial charge in [0.2, 0.25) is 0 Å². The predicted molar refractivity (Wildman–Crippen MR) is 78.5 cm³/mol. The second kappa shape index (κ2) is 6.30. The molecule has 0 aromatic heterocycles. The number of rotatable bonds is 3. The van der Waals surface area contributed by atoms with Crippen molar-refractivity contribution in [2.75, 3.05) is 7.05 Å². The number of phenols is 2. The topological polar surface area (TPSA) is 156 Å². The molecule has 128 valence electrons. The Hall–Kier alpha value is -2.91. The molecule has 0 saturated carbocycles. The summed E-state index contributed by atoms with van der Waals surface area (Å²) in [5, 5.41) is 47.3. The number of ketones is 1. The van der Waals surface area contributed by atoms with Gasteiger partial charge in [-0.1, -0.05) is 0 Å². The number of phenolic OH excluding ortho intramolecular Hbond substituents is 1. The normalized spacial score (nSPS) is 20.5. The van der Waals surface area contributed by atoms with Gasteiger partial charge in [0.05, 0.1) is 11.7 Å². The minimum Gasteiger partial charge on any atom is -0.507 e. The number of carboxylic acids is 1. The zero-order valence-corrected chi connectivity index (χ0v) is 12.5. The Morgan fingerprint density at radius 3 is 2.21 bits per heavy atom. The van der Waals surface area contributed by atoms with Gasteiger partial charge in [-0.05, 0) is 12.1 Å². The molecule has 2 atom stereocenters. The summed E-state index contributed by atoms with van der Waals surface area (Å²) in [6, 6.07) is 1.53. The molecule has 1 aromatic rings. The SMILES string of the molecule is CN(C(=O)c1cc(O)c(C(=O)O)cc1O)C1=CC(=O)C(O)C(O)C1. The Kier molecular flexibility index (Phi) is 4.58. The van der Waals surface area contributed by atoms with Crippen LogP contribution in [0.25, 0.3) is 0 Å². The zero-order valence-electron chi connectivity index (χ0n) is 12.5. The first-order chi connectivity index (χ1) is 11.1. The van der Waals surface area contributed by atoms with Crippen LogP contribution < -0.4 is 0 Å². The fraction of sp³-hybridized carbons (Fsp3) is 0.267. The molecule has 5 N–H and O–H groups in total. The largest absolute Gasteiger partial charge is 0.507 e. The monoisotopic (exact) mass is 337 g/mol. The number of carbonyl (C=O) groups is 3. The number of carbonyl (C=O) groups excluding carboxylic acids is 2. The van der Waals surface area contributed by atoms with Gasteiger partial charge in [0, 0.05) is 25.2 Å². The number of aliphatic hydroxyl groups is 2. The van der Waals surface area contributed by atoms with Gasteiger partial charge in [0.25, 0.3) is 5.91 Å². The molecule has 9 nitrogen and oxygen atoms in total. The van der Waals surface area contributed by atoms with Crippen LogP contribution in [0.2, 0.25) is 0 Å². The third-order valence-electron chi connectivity index (χ3n) is 3.69. The second-order valence-corrected chi connectivity index (χ2v) is 5.31. The van der Waals surface area contributed by atoms with Crippen molar-refractivity contribution in [2.24, 2.45) is 0 Å². The van der Waals surface area contributed by atoms with Crippen LogP contribution >= 0.6 is 0 Å². The van der Waals surface area contributed by atoms with E-state index in [1.54, 1.807) is 0 Å². The van der Waals surface area contributed by atoms with E-state index in [-0.39, 0.29) is 17.7 Å². The first kappa shape index (κ1) is 17.4. The molecule has 9 heteroatoms. The number of aliphatic hydroxyl groups excluding tert-OH is 2. The maximum absolute atomic E-state index is 12.4. The highest BCUT2D eigenvalue weighted by atomic mass is 16.4. The van der Waals surface area contributed by atoms with Crippen molar-refractivity contribution in [3.8, 4) is 11.5 Å². The van der Waals surface area contributed by atoms with E-state index in [0.717, 1.165) is 23.1 Å². The summed E-state index contributed by atoms with van der Waals surface area (Å²) < 4.78 is 0. The molecule has 2 rings (SSSR count). The number of benzene rings is 1. The summed E-state index contributed by atoms with van der Waals surface area (Å²) in [5.74, 6) is -4.45. The molecule has 1 aliphatic rings. The highest BCUT2D eigenvalue weighted by molar-refractivity contribution is 6.02. The van der Waals surface area contributed by atoms with E-state index in [1.807, 2.05) is 0 Å². The standard InChI is InChI=1S/C15H15NO8/c1-16(6-2-11(19)13(21)12(20)3-6)14(22)7-4-10(18)8(15(23)24)5-9(7)17/h2,4-5,12-13,17-18,20-21H,3H2,1H3,(H,23,24). The van der Waals surface area contributed by atoms with Gasteiger partial charge < -0.3 is 30.4 Å². The van der Waals surface area contributed by atoms with Crippen molar-refractivity contribution >= 4 is 17.7 Å². The molecule has 0 heterocycles. The van der Waals surface area contributed by atoms with E-state index in [9.17, 15) is 34.8 Å². The maximum Gasteiger partial charge on any atom is 0.339 e. The van der Waals surface area contributed by atoms with Crippen molar-refractivity contribution in [3.05, 3.63) is 35.0 Å². The number of aromatic hydroxyl groups is 2. The molecule has 1 amide bonds. The van der Waals surface area contributed by atoms with Crippen LogP contribution in [0.3, 0.4) is 0 Å². The molecule has 0 radical (unpaired) electrons. The molecule has 0 aliphatic heterocycles. The van der Waals surface area contributed by atoms with Crippen molar-refractivity contribution < 1.29 is 39.9 Å². The minimum absolute atomic E-state index is 0.101. The summed E-state index contributed by atoms with van der Waals surface area (Å²) in [5.41, 5.74) is -0.852. The number of aromatic carboxylic acids is 1. The molecular weight excluding hydrogens is 322 g/mol. The van der Waals surface area contributed by atoms with Crippen LogP contribution in [0.15, 0.2) is 23.9 Å². The Labute approximate surface area is 135 Å². The number of amides is 1. The molecule has 0 saturated heterocycles. The van der Waals surface area contributed by atoms with Gasteiger partial charge in [-0.15, -0.1) is 0 Å². The van der Waals surface area contributed by atoms with Crippen LogP contribution in [-0.2, 0) is 4.79 Å². The van der Waals surface area contributed by atoms with E-state index >= 15 is 0 Å². The lowest BCUT2D eigenvalue weighted by Gasteiger charge is -2.28. The van der Waals surface area contributed by atoms with Crippen LogP contribution in [0.1, 0.15) is 27.1 Å². The van der Waals surface area contributed by atoms with E-state index in [1.165, 1.54) is 7.05 Å². The molecule has 2 unspecified atom stereocenters. The summed E-state index contributed by atoms with van der Waals surface area (Å²) in [6.07, 6.45) is -2.11. The molecule has 0 bridgehead atoms. The third-order valence-corrected chi connectivity index (χ3v) is 3.69. The quantitative estimate of drug-likeness (QED) is 0.460. The van der Waals surface area contributed by atoms with E-state index < -0.39 is 46.9 Å². The summed E-state index contributed by atoms with van der Waals surface area (Å²) in [4.78, 5) is 35.8. The lowest BCUT2D eigenvalue weighted by molar-refractivity contribution is -0.129. The molecule has 1 aliphatic carbocycles. The van der Waals surface area contributed by atoms with E-state index in [0.29, 0.717) is 0 Å². The molecular formula is C15H15NO8. The van der Waals surface area contributed by atoms with Gasteiger partial charge in [-0.2, -0.15) is 0 Å². The fourth-order valence-electron chi connectivity index (χ4n) is 2.29. The van der Waals surface area contributed by atoms with Crippen molar-refractivity contribution in [2.45, 2.75) is 18.6 Å². The van der Waals surface area contributed by atoms with Gasteiger partial charge in [0.15, 0.2) is 5.78 Å². The Bertz CT molecular complexity index is 754. The molecule has 1 aromatic carbocycles. The lowest BCUT2D eigenvalue weighted by atomic mass is 9.96. The van der Waals surface area contributed by atoms with E-state index in [2.05, 4.69) is 0 Å². The lowest BCUT2D eigenvalue weighted by Crippen LogP contribution is -2.40. The van der Waals surface area contributed by atoms with Gasteiger partial charge in [-0.3, -0.25) is 9.59 Å². The number of hydrogen-bond donors (Lipinski definition) is 5. The molecule has 0 spiro atoms. The number of nitrogens with zero attached hydrogens (tertiary/aromatic N) is 1. The van der Waals surface area contributed by atoms with Crippen LogP contribution in [-0.4, -0.2) is 67.3 Å². The Balaban J connectivity index is 2.35. The zero-order chi connectivity index (χ0) is 18.2. The van der Waals surface area contributed by atoms with Crippen LogP contribution in [0.4, 0.5) is 0 Å². The average molecular weight is 337 g/mol. The Morgan fingerprint density at radius 2 is 1.67 bits per heavy atom. The minimum atomic E-state index is -1.57. The van der Waals surface area contributed by atoms with E-state index in [4.69, 9.17) is 5.11 Å². The van der Waals surface area contributed by atoms with Crippen molar-refractivity contribution in [3.63, 3.8) is 0 Å². The second-order valence-electron chi connectivity index (χ2n) is 5.31. The number of carboxylic acid groups (broad SMARTS) is 1. The number of hydrogen-bond acceptors (Lipinski definition) is 7. The predicted octanol–water partition coefficient (Wildman–Crippen LogP) is -0.554. The smallest absolute Gasteiger partial charge is 0.339 e. The molecule has 24 heavy (non-hydrogen) atoms. The van der Waals surface area contributed by atoms with Gasteiger partial charge in [-0.25, -0.2) is 4.79 Å². The van der Waals surface area contributed by atoms with Crippen LogP contribution in [0.5, 0.6) is 11.5 Å². The average Bonchev–Trinajstić information content (AvgIpc) is 2.52. The highest BCUT2D eigenvalue weighted by Crippen LogP contribution is 2.30. The van der Waals surface area contributed by atoms with Crippen molar-refractivity contribution in [1.29, 1.82) is 0 Å². The van der Waals surface area contributed by atoms with Crippen LogP contribution in [0, 0.1) is 0 Å². The first-order valence-corrected chi connectivity index (χ1v) is 6.81. The van der Waals surface area contributed by atoms with Gasteiger partial charge >= 0.3 is 5.97 Å². The first-order valence-electron chi connectivity index (χ1n) is 6.81. The summed E-state index contributed by atoms with van der Waals surface area (Å²) >= 11 is 0. The maximum atomic E-state index is 12.4. The summed E-state index contributed by atoms with van der Waals surface area (Å²) in [6.45, 7) is 0. The summed E-state index contributed by atoms with van der Waals surface area (Å²) in [7, 11) is 1.27. The van der Waals surface area contributed by atoms with Crippen molar-refractivity contribution in [1.82, 2.24) is 4.90 Å². The fourth-order valence-corrected chi connectivity index (χ4v) is 2.29. The Morgan fingerprint density at radius 1 is 1.12 bits per heavy atom. The third kappa shape index (κ3) is 3.07.